The highest BCUT2D eigenvalue weighted by Gasteiger charge is 2.34. The molecule has 0 heterocycles. The van der Waals surface area contributed by atoms with Gasteiger partial charge in [0.05, 0.1) is 11.5 Å². The molecule has 92 valence electrons. The van der Waals surface area contributed by atoms with Crippen LogP contribution in [0.25, 0.3) is 0 Å². The normalized spacial score (nSPS) is 18.2. The van der Waals surface area contributed by atoms with Crippen LogP contribution in [0.4, 0.5) is 0 Å². The van der Waals surface area contributed by atoms with Gasteiger partial charge in [0.25, 0.3) is 0 Å². The molecule has 0 spiro atoms. The zero-order valence-corrected chi connectivity index (χ0v) is 10.6. The summed E-state index contributed by atoms with van der Waals surface area (Å²) in [6.07, 6.45) is 0.825. The summed E-state index contributed by atoms with van der Waals surface area (Å²) in [5.41, 5.74) is 1.57. The fraction of sp³-hybridized carbons (Fsp3) is 0.500. The Morgan fingerprint density at radius 2 is 2.12 bits per heavy atom. The second kappa shape index (κ2) is 4.15. The molecule has 1 aromatic carbocycles. The topological polar surface area (TPSA) is 40.5 Å². The van der Waals surface area contributed by atoms with E-state index in [-0.39, 0.29) is 11.8 Å². The van der Waals surface area contributed by atoms with E-state index in [0.29, 0.717) is 6.54 Å². The third kappa shape index (κ3) is 2.50. The van der Waals surface area contributed by atoms with E-state index in [4.69, 9.17) is 0 Å². The molecule has 0 fully saturated rings. The van der Waals surface area contributed by atoms with Gasteiger partial charge in [-0.25, -0.2) is 0 Å². The minimum Gasteiger partial charge on any atom is -0.389 e. The number of aliphatic hydroxyl groups is 1. The summed E-state index contributed by atoms with van der Waals surface area (Å²) in [4.78, 5) is 13.8. The van der Waals surface area contributed by atoms with E-state index in [2.05, 4.69) is 6.07 Å². The van der Waals surface area contributed by atoms with Crippen LogP contribution in [0.2, 0.25) is 0 Å². The third-order valence-corrected chi connectivity index (χ3v) is 3.15. The smallest absolute Gasteiger partial charge is 0.230 e. The minimum atomic E-state index is -0.840. The van der Waals surface area contributed by atoms with Crippen molar-refractivity contribution in [2.45, 2.75) is 31.8 Å². The Morgan fingerprint density at radius 1 is 1.47 bits per heavy atom. The van der Waals surface area contributed by atoms with Crippen LogP contribution in [0, 0.1) is 0 Å². The quantitative estimate of drug-likeness (QED) is 0.860. The van der Waals surface area contributed by atoms with Gasteiger partial charge in [-0.05, 0) is 31.4 Å². The average molecular weight is 233 g/mol. The van der Waals surface area contributed by atoms with E-state index < -0.39 is 5.60 Å². The molecule has 1 amide bonds. The Morgan fingerprint density at radius 3 is 2.71 bits per heavy atom. The monoisotopic (exact) mass is 233 g/mol. The van der Waals surface area contributed by atoms with Crippen LogP contribution in [0.3, 0.4) is 0 Å². The second-order valence-electron chi connectivity index (χ2n) is 5.46. The van der Waals surface area contributed by atoms with Crippen molar-refractivity contribution in [3.63, 3.8) is 0 Å². The molecule has 0 saturated carbocycles. The van der Waals surface area contributed by atoms with Gasteiger partial charge in [-0.15, -0.1) is 0 Å². The van der Waals surface area contributed by atoms with Crippen molar-refractivity contribution in [3.8, 4) is 0 Å². The highest BCUT2D eigenvalue weighted by Crippen LogP contribution is 2.36. The fourth-order valence-electron chi connectivity index (χ4n) is 2.40. The van der Waals surface area contributed by atoms with Gasteiger partial charge < -0.3 is 10.0 Å². The van der Waals surface area contributed by atoms with Crippen molar-refractivity contribution in [1.29, 1.82) is 0 Å². The molecular weight excluding hydrogens is 214 g/mol. The van der Waals surface area contributed by atoms with Gasteiger partial charge in [-0.2, -0.15) is 0 Å². The summed E-state index contributed by atoms with van der Waals surface area (Å²) in [6, 6.07) is 8.04. The molecule has 1 aliphatic carbocycles. The summed E-state index contributed by atoms with van der Waals surface area (Å²) in [7, 11) is 1.75. The number of rotatable bonds is 3. The van der Waals surface area contributed by atoms with Gasteiger partial charge in [-0.1, -0.05) is 24.3 Å². The SMILES string of the molecule is CN(CC(C)(C)O)C(=O)C1Cc2ccccc21. The number of hydrogen-bond donors (Lipinski definition) is 1. The highest BCUT2D eigenvalue weighted by molar-refractivity contribution is 5.86. The van der Waals surface area contributed by atoms with Crippen LogP contribution in [-0.4, -0.2) is 35.1 Å². The fourth-order valence-corrected chi connectivity index (χ4v) is 2.40. The molecule has 0 aliphatic heterocycles. The number of carbonyl (C=O) groups is 1. The van der Waals surface area contributed by atoms with E-state index in [1.807, 2.05) is 18.2 Å². The van der Waals surface area contributed by atoms with Crippen LogP contribution in [0.5, 0.6) is 0 Å². The first kappa shape index (κ1) is 12.1. The van der Waals surface area contributed by atoms with Gasteiger partial charge >= 0.3 is 0 Å². The van der Waals surface area contributed by atoms with Crippen molar-refractivity contribution in [1.82, 2.24) is 4.90 Å². The summed E-state index contributed by atoms with van der Waals surface area (Å²) >= 11 is 0. The lowest BCUT2D eigenvalue weighted by Gasteiger charge is -2.34. The first-order chi connectivity index (χ1) is 7.88. The van der Waals surface area contributed by atoms with Gasteiger partial charge in [-0.3, -0.25) is 4.79 Å². The summed E-state index contributed by atoms with van der Waals surface area (Å²) in [5.74, 6) is 0.0874. The Hall–Kier alpha value is -1.35. The zero-order chi connectivity index (χ0) is 12.6. The van der Waals surface area contributed by atoms with Crippen LogP contribution in [-0.2, 0) is 11.2 Å². The third-order valence-electron chi connectivity index (χ3n) is 3.15. The number of hydrogen-bond acceptors (Lipinski definition) is 2. The number of carbonyl (C=O) groups excluding carboxylic acids is 1. The van der Waals surface area contributed by atoms with Gasteiger partial charge in [0.2, 0.25) is 5.91 Å². The van der Waals surface area contributed by atoms with Crippen LogP contribution < -0.4 is 0 Å². The zero-order valence-electron chi connectivity index (χ0n) is 10.6. The van der Waals surface area contributed by atoms with E-state index in [1.54, 1.807) is 25.8 Å². The molecule has 1 aliphatic rings. The lowest BCUT2D eigenvalue weighted by atomic mass is 9.77. The molecule has 1 unspecified atom stereocenters. The Labute approximate surface area is 102 Å². The Balaban J connectivity index is 2.04. The van der Waals surface area contributed by atoms with E-state index in [1.165, 1.54) is 5.56 Å². The summed E-state index contributed by atoms with van der Waals surface area (Å²) in [6.45, 7) is 3.79. The van der Waals surface area contributed by atoms with Crippen LogP contribution in [0.1, 0.15) is 30.9 Å². The first-order valence-corrected chi connectivity index (χ1v) is 5.93. The molecule has 0 saturated heterocycles. The number of nitrogens with zero attached hydrogens (tertiary/aromatic N) is 1. The Kier molecular flexibility index (Phi) is 2.96. The van der Waals surface area contributed by atoms with E-state index in [0.717, 1.165) is 12.0 Å². The number of amides is 1. The maximum Gasteiger partial charge on any atom is 0.230 e. The summed E-state index contributed by atoms with van der Waals surface area (Å²) < 4.78 is 0. The Bertz CT molecular complexity index is 434. The van der Waals surface area contributed by atoms with E-state index in [9.17, 15) is 9.90 Å². The molecule has 0 aromatic heterocycles. The van der Waals surface area contributed by atoms with Gasteiger partial charge in [0.1, 0.15) is 0 Å². The molecule has 17 heavy (non-hydrogen) atoms. The molecule has 0 bridgehead atoms. The predicted octanol–water partition coefficient (Wildman–Crippen LogP) is 1.56. The molecule has 3 heteroatoms. The minimum absolute atomic E-state index is 0.0152. The molecule has 0 radical (unpaired) electrons. The predicted molar refractivity (Wildman–Crippen MR) is 66.8 cm³/mol. The maximum atomic E-state index is 12.2. The number of fused-ring (bicyclic) bond motifs is 1. The van der Waals surface area contributed by atoms with Crippen molar-refractivity contribution in [3.05, 3.63) is 35.4 Å². The molecule has 3 nitrogen and oxygen atoms in total. The molecule has 1 N–H and O–H groups in total. The van der Waals surface area contributed by atoms with Gasteiger partial charge in [0.15, 0.2) is 0 Å². The molecule has 1 atom stereocenters. The number of likely N-dealkylation sites (N-methyl/N-ethyl adjacent to an activating group) is 1. The molecule has 2 rings (SSSR count). The second-order valence-corrected chi connectivity index (χ2v) is 5.46. The van der Waals surface area contributed by atoms with Crippen molar-refractivity contribution in [2.24, 2.45) is 0 Å². The average Bonchev–Trinajstić information content (AvgIpc) is 2.17. The van der Waals surface area contributed by atoms with Crippen LogP contribution in [0.15, 0.2) is 24.3 Å². The van der Waals surface area contributed by atoms with Crippen molar-refractivity contribution >= 4 is 5.91 Å². The maximum absolute atomic E-state index is 12.2. The first-order valence-electron chi connectivity index (χ1n) is 5.93. The van der Waals surface area contributed by atoms with Gasteiger partial charge in [0, 0.05) is 13.6 Å². The highest BCUT2D eigenvalue weighted by atomic mass is 16.3. The largest absolute Gasteiger partial charge is 0.389 e. The van der Waals surface area contributed by atoms with E-state index >= 15 is 0 Å². The molecule has 1 aromatic rings. The standard InChI is InChI=1S/C14H19NO2/c1-14(2,17)9-15(3)13(16)12-8-10-6-4-5-7-11(10)12/h4-7,12,17H,8-9H2,1-3H3. The van der Waals surface area contributed by atoms with Crippen molar-refractivity contribution in [2.75, 3.05) is 13.6 Å². The number of benzene rings is 1. The van der Waals surface area contributed by atoms with Crippen molar-refractivity contribution < 1.29 is 9.90 Å². The summed E-state index contributed by atoms with van der Waals surface area (Å²) in [5, 5.41) is 9.71. The lowest BCUT2D eigenvalue weighted by molar-refractivity contribution is -0.134. The van der Waals surface area contributed by atoms with Crippen LogP contribution >= 0.6 is 0 Å². The molecular formula is C14H19NO2. The lowest BCUT2D eigenvalue weighted by Crippen LogP contribution is -2.43.